The lowest BCUT2D eigenvalue weighted by Crippen LogP contribution is -2.26. The molecule has 3 rings (SSSR count). The molecule has 0 bridgehead atoms. The van der Waals surface area contributed by atoms with Crippen LogP contribution in [0.5, 0.6) is 11.5 Å². The average Bonchev–Trinajstić information content (AvgIpc) is 2.97. The molecular weight excluding hydrogens is 418 g/mol. The van der Waals surface area contributed by atoms with Crippen LogP contribution in [0.4, 0.5) is 5.69 Å². The maximum Gasteiger partial charge on any atom is 0.284 e. The number of hydrogen-bond donors (Lipinski definition) is 1. The van der Waals surface area contributed by atoms with Crippen molar-refractivity contribution in [1.29, 1.82) is 0 Å². The molecule has 1 aliphatic rings. The molecular formula is C22H27N3O5S. The van der Waals surface area contributed by atoms with Gasteiger partial charge in [0.05, 0.1) is 19.1 Å². The smallest absolute Gasteiger partial charge is 0.284 e. The van der Waals surface area contributed by atoms with Crippen LogP contribution in [0.1, 0.15) is 36.0 Å². The van der Waals surface area contributed by atoms with Crippen LogP contribution in [0.2, 0.25) is 0 Å². The summed E-state index contributed by atoms with van der Waals surface area (Å²) in [5.74, 6) is 1.10. The molecule has 1 heterocycles. The van der Waals surface area contributed by atoms with Crippen molar-refractivity contribution in [3.63, 3.8) is 0 Å². The third kappa shape index (κ3) is 5.75. The number of anilines is 1. The second kappa shape index (κ2) is 9.82. The van der Waals surface area contributed by atoms with E-state index in [1.54, 1.807) is 30.3 Å². The molecule has 1 saturated heterocycles. The number of sulfonamides is 1. The molecule has 31 heavy (non-hydrogen) atoms. The topological polar surface area (TPSA) is 97.3 Å². The molecule has 1 fully saturated rings. The van der Waals surface area contributed by atoms with Crippen molar-refractivity contribution in [1.82, 2.24) is 4.90 Å². The summed E-state index contributed by atoms with van der Waals surface area (Å²) in [4.78, 5) is 14.6. The number of ether oxygens (including phenoxy) is 2. The molecule has 8 nitrogen and oxygen atoms in total. The van der Waals surface area contributed by atoms with Gasteiger partial charge in [-0.3, -0.25) is 4.79 Å². The molecule has 1 N–H and O–H groups in total. The van der Waals surface area contributed by atoms with Crippen molar-refractivity contribution in [3.8, 4) is 11.5 Å². The van der Waals surface area contributed by atoms with Crippen molar-refractivity contribution in [2.75, 3.05) is 33.1 Å². The minimum absolute atomic E-state index is 0.0265. The zero-order valence-corrected chi connectivity index (χ0v) is 18.7. The molecule has 166 valence electrons. The maximum atomic E-state index is 12.9. The van der Waals surface area contributed by atoms with E-state index in [-0.39, 0.29) is 4.90 Å². The Bertz CT molecular complexity index is 1060. The van der Waals surface area contributed by atoms with E-state index in [0.29, 0.717) is 35.0 Å². The zero-order chi connectivity index (χ0) is 22.4. The highest BCUT2D eigenvalue weighted by molar-refractivity contribution is 7.90. The number of carbonyl (C=O) groups is 1. The van der Waals surface area contributed by atoms with Crippen LogP contribution in [0.3, 0.4) is 0 Å². The summed E-state index contributed by atoms with van der Waals surface area (Å²) in [5.41, 5.74) is 0.673. The van der Waals surface area contributed by atoms with Gasteiger partial charge in [0.1, 0.15) is 17.3 Å². The Labute approximate surface area is 182 Å². The number of benzene rings is 2. The highest BCUT2D eigenvalue weighted by Gasteiger charge is 2.19. The van der Waals surface area contributed by atoms with Gasteiger partial charge in [-0.05, 0) is 43.2 Å². The van der Waals surface area contributed by atoms with Crippen molar-refractivity contribution in [3.05, 3.63) is 48.0 Å². The number of amidine groups is 1. The van der Waals surface area contributed by atoms with Gasteiger partial charge in [0.25, 0.3) is 15.9 Å². The number of likely N-dealkylation sites (tertiary alicyclic amines) is 1. The van der Waals surface area contributed by atoms with E-state index in [1.165, 1.54) is 26.4 Å². The van der Waals surface area contributed by atoms with Gasteiger partial charge in [0.15, 0.2) is 0 Å². The molecule has 0 saturated carbocycles. The summed E-state index contributed by atoms with van der Waals surface area (Å²) in [6.45, 7) is 0.786. The van der Waals surface area contributed by atoms with E-state index in [0.717, 1.165) is 25.8 Å². The summed E-state index contributed by atoms with van der Waals surface area (Å²) in [5, 5.41) is 2.72. The summed E-state index contributed by atoms with van der Waals surface area (Å²) >= 11 is 0. The molecule has 0 aliphatic carbocycles. The second-order valence-electron chi connectivity index (χ2n) is 7.30. The molecule has 0 unspecified atom stereocenters. The average molecular weight is 446 g/mol. The van der Waals surface area contributed by atoms with Crippen molar-refractivity contribution >= 4 is 27.5 Å². The maximum absolute atomic E-state index is 12.9. The van der Waals surface area contributed by atoms with Crippen LogP contribution in [0.25, 0.3) is 0 Å². The molecule has 1 amide bonds. The monoisotopic (exact) mass is 445 g/mol. The first kappa shape index (κ1) is 22.6. The number of hydrogen-bond acceptors (Lipinski definition) is 5. The molecule has 0 aromatic heterocycles. The van der Waals surface area contributed by atoms with Crippen LogP contribution in [0, 0.1) is 0 Å². The minimum Gasteiger partial charge on any atom is -0.497 e. The normalized spacial score (nSPS) is 16.0. The Morgan fingerprint density at radius 1 is 1.03 bits per heavy atom. The number of nitrogens with zero attached hydrogens (tertiary/aromatic N) is 2. The first-order valence-electron chi connectivity index (χ1n) is 10.0. The predicted octanol–water partition coefficient (Wildman–Crippen LogP) is 3.55. The van der Waals surface area contributed by atoms with E-state index in [4.69, 9.17) is 9.47 Å². The van der Waals surface area contributed by atoms with E-state index >= 15 is 0 Å². The third-order valence-corrected chi connectivity index (χ3v) is 6.36. The quantitative estimate of drug-likeness (QED) is 0.730. The fraction of sp³-hybridized carbons (Fsp3) is 0.364. The molecule has 2 aromatic rings. The van der Waals surface area contributed by atoms with Gasteiger partial charge in [-0.1, -0.05) is 12.5 Å². The van der Waals surface area contributed by atoms with Crippen molar-refractivity contribution < 1.29 is 22.7 Å². The summed E-state index contributed by atoms with van der Waals surface area (Å²) in [6.07, 6.45) is 3.62. The lowest BCUT2D eigenvalue weighted by molar-refractivity contribution is 0.102. The van der Waals surface area contributed by atoms with Crippen LogP contribution < -0.4 is 14.8 Å². The zero-order valence-electron chi connectivity index (χ0n) is 17.9. The first-order valence-corrected chi connectivity index (χ1v) is 11.5. The Morgan fingerprint density at radius 2 is 1.74 bits per heavy atom. The number of rotatable bonds is 6. The van der Waals surface area contributed by atoms with Crippen molar-refractivity contribution in [2.45, 2.75) is 30.6 Å². The molecule has 0 spiro atoms. The predicted molar refractivity (Wildman–Crippen MR) is 120 cm³/mol. The highest BCUT2D eigenvalue weighted by Crippen LogP contribution is 2.24. The number of carbonyl (C=O) groups excluding carboxylic acids is 1. The summed E-state index contributed by atoms with van der Waals surface area (Å²) in [6, 6.07) is 10.9. The highest BCUT2D eigenvalue weighted by atomic mass is 32.2. The van der Waals surface area contributed by atoms with Gasteiger partial charge in [0, 0.05) is 37.3 Å². The van der Waals surface area contributed by atoms with Gasteiger partial charge in [-0.2, -0.15) is 8.42 Å². The van der Waals surface area contributed by atoms with E-state index in [1.807, 2.05) is 11.9 Å². The standard InChI is InChI=1S/C22H27N3O5S/c1-25-11-6-4-5-10-21(25)24-31(27,28)20-9-7-8-17(14-20)23-22(26)16-12-18(29-2)15-19(13-16)30-3/h7-9,12-15H,4-6,10-11H2,1-3H3,(H,23,26). The Balaban J connectivity index is 1.84. The van der Waals surface area contributed by atoms with E-state index in [9.17, 15) is 13.2 Å². The molecule has 1 aliphatic heterocycles. The van der Waals surface area contributed by atoms with Gasteiger partial charge < -0.3 is 19.7 Å². The van der Waals surface area contributed by atoms with Gasteiger partial charge in [0.2, 0.25) is 0 Å². The van der Waals surface area contributed by atoms with Crippen LogP contribution >= 0.6 is 0 Å². The van der Waals surface area contributed by atoms with Gasteiger partial charge in [-0.25, -0.2) is 0 Å². The SMILES string of the molecule is COc1cc(OC)cc(C(=O)Nc2cccc(S(=O)(=O)N=C3CCCCCN3C)c2)c1. The first-order chi connectivity index (χ1) is 14.8. The molecule has 0 atom stereocenters. The molecule has 9 heteroatoms. The Kier molecular flexibility index (Phi) is 7.17. The van der Waals surface area contributed by atoms with Crippen LogP contribution in [-0.2, 0) is 10.0 Å². The van der Waals surface area contributed by atoms with Gasteiger partial charge >= 0.3 is 0 Å². The second-order valence-corrected chi connectivity index (χ2v) is 8.90. The van der Waals surface area contributed by atoms with Gasteiger partial charge in [-0.15, -0.1) is 4.40 Å². The minimum atomic E-state index is -3.90. The third-order valence-electron chi connectivity index (χ3n) is 5.06. The fourth-order valence-corrected chi connectivity index (χ4v) is 4.45. The lowest BCUT2D eigenvalue weighted by atomic mass is 10.2. The summed E-state index contributed by atoms with van der Waals surface area (Å²) in [7, 11) is 0.958. The van der Waals surface area contributed by atoms with E-state index in [2.05, 4.69) is 9.71 Å². The molecule has 0 radical (unpaired) electrons. The number of methoxy groups -OCH3 is 2. The fourth-order valence-electron chi connectivity index (χ4n) is 3.31. The van der Waals surface area contributed by atoms with Crippen LogP contribution in [-0.4, -0.2) is 52.9 Å². The Morgan fingerprint density at radius 3 is 2.42 bits per heavy atom. The van der Waals surface area contributed by atoms with Crippen molar-refractivity contribution in [2.24, 2.45) is 4.40 Å². The van der Waals surface area contributed by atoms with Crippen LogP contribution in [0.15, 0.2) is 51.8 Å². The number of amides is 1. The largest absolute Gasteiger partial charge is 0.497 e. The van der Waals surface area contributed by atoms with E-state index < -0.39 is 15.9 Å². The molecule has 2 aromatic carbocycles. The lowest BCUT2D eigenvalue weighted by Gasteiger charge is -2.17. The Hall–Kier alpha value is -3.07. The summed E-state index contributed by atoms with van der Waals surface area (Å²) < 4.78 is 40.2. The number of nitrogens with one attached hydrogen (secondary N) is 1.